The molecule has 2 aromatic carbocycles. The zero-order valence-corrected chi connectivity index (χ0v) is 17.2. The number of aromatic nitrogens is 4. The number of H-pyrrole nitrogens is 1. The minimum Gasteiger partial charge on any atom is -0.345 e. The number of aryl methyl sites for hydroxylation is 1. The predicted octanol–water partition coefficient (Wildman–Crippen LogP) is 4.72. The van der Waals surface area contributed by atoms with Crippen LogP contribution in [0, 0.1) is 30.4 Å². The van der Waals surface area contributed by atoms with E-state index in [-0.39, 0.29) is 17.4 Å². The molecule has 6 nitrogen and oxygen atoms in total. The Labute approximate surface area is 182 Å². The summed E-state index contributed by atoms with van der Waals surface area (Å²) in [6, 6.07) is 10.7. The highest BCUT2D eigenvalue weighted by Crippen LogP contribution is 2.55. The van der Waals surface area contributed by atoms with Crippen molar-refractivity contribution >= 4 is 22.6 Å². The van der Waals surface area contributed by atoms with Gasteiger partial charge in [-0.05, 0) is 68.1 Å². The van der Waals surface area contributed by atoms with E-state index in [2.05, 4.69) is 20.2 Å². The molecule has 3 heterocycles. The summed E-state index contributed by atoms with van der Waals surface area (Å²) in [4.78, 5) is 21.8. The van der Waals surface area contributed by atoms with Crippen LogP contribution in [0.15, 0.2) is 48.8 Å². The summed E-state index contributed by atoms with van der Waals surface area (Å²) in [5.41, 5.74) is 3.48. The monoisotopic (exact) mass is 431 g/mol. The Morgan fingerprint density at radius 3 is 2.50 bits per heavy atom. The second kappa shape index (κ2) is 6.91. The highest BCUT2D eigenvalue weighted by atomic mass is 19.1. The maximum atomic E-state index is 15.4. The van der Waals surface area contributed by atoms with Gasteiger partial charge in [-0.15, -0.1) is 0 Å². The Morgan fingerprint density at radius 2 is 1.81 bits per heavy atom. The Kier molecular flexibility index (Phi) is 4.11. The van der Waals surface area contributed by atoms with E-state index in [1.807, 2.05) is 0 Å². The lowest BCUT2D eigenvalue weighted by molar-refractivity contribution is -0.131. The van der Waals surface area contributed by atoms with E-state index in [1.54, 1.807) is 43.6 Å². The normalized spacial score (nSPS) is 20.6. The minimum absolute atomic E-state index is 0.0740. The van der Waals surface area contributed by atoms with E-state index in [0.717, 1.165) is 29.6 Å². The van der Waals surface area contributed by atoms with Gasteiger partial charge in [-0.25, -0.2) is 13.8 Å². The Hall–Kier alpha value is -3.68. The van der Waals surface area contributed by atoms with Gasteiger partial charge in [-0.2, -0.15) is 10.2 Å². The van der Waals surface area contributed by atoms with Crippen LogP contribution >= 0.6 is 0 Å². The number of amides is 1. The SMILES string of the molecule is Cc1ccc(-c2cc(F)c([C@H]3C(C4CC4)C(=O)N3c3ccc4nc[nH]c4c3)c(F)c2)nn1. The van der Waals surface area contributed by atoms with Gasteiger partial charge in [-0.1, -0.05) is 0 Å². The number of hydrogen-bond donors (Lipinski definition) is 1. The number of carbonyl (C=O) groups is 1. The number of fused-ring (bicyclic) bond motifs is 1. The van der Waals surface area contributed by atoms with Crippen molar-refractivity contribution in [3.63, 3.8) is 0 Å². The highest BCUT2D eigenvalue weighted by molar-refractivity contribution is 6.04. The van der Waals surface area contributed by atoms with Gasteiger partial charge in [0.05, 0.1) is 40.7 Å². The average molecular weight is 431 g/mol. The lowest BCUT2D eigenvalue weighted by atomic mass is 9.78. The zero-order valence-electron chi connectivity index (χ0n) is 17.2. The lowest BCUT2D eigenvalue weighted by Crippen LogP contribution is -2.56. The number of halogens is 2. The second-order valence-corrected chi connectivity index (χ2v) is 8.53. The van der Waals surface area contributed by atoms with Gasteiger partial charge in [0.15, 0.2) is 0 Å². The molecule has 4 aromatic rings. The molecule has 0 bridgehead atoms. The molecule has 1 saturated heterocycles. The number of aromatic amines is 1. The number of imidazole rings is 1. The average Bonchev–Trinajstić information content (AvgIpc) is 3.47. The van der Waals surface area contributed by atoms with Crippen LogP contribution in [0.4, 0.5) is 14.5 Å². The molecule has 2 fully saturated rings. The van der Waals surface area contributed by atoms with Gasteiger partial charge in [0.1, 0.15) is 11.6 Å². The third-order valence-corrected chi connectivity index (χ3v) is 6.42. The summed E-state index contributed by atoms with van der Waals surface area (Å²) in [5.74, 6) is -1.71. The van der Waals surface area contributed by atoms with Gasteiger partial charge in [0, 0.05) is 16.8 Å². The van der Waals surface area contributed by atoms with Crippen molar-refractivity contribution in [3.8, 4) is 11.3 Å². The van der Waals surface area contributed by atoms with Gasteiger partial charge in [-0.3, -0.25) is 4.79 Å². The van der Waals surface area contributed by atoms with Crippen molar-refractivity contribution in [2.45, 2.75) is 25.8 Å². The maximum absolute atomic E-state index is 15.4. The fourth-order valence-corrected chi connectivity index (χ4v) is 4.66. The van der Waals surface area contributed by atoms with E-state index in [9.17, 15) is 4.79 Å². The first-order valence-electron chi connectivity index (χ1n) is 10.6. The second-order valence-electron chi connectivity index (χ2n) is 8.53. The quantitative estimate of drug-likeness (QED) is 0.475. The van der Waals surface area contributed by atoms with E-state index >= 15 is 8.78 Å². The molecule has 1 N–H and O–H groups in total. The Bertz CT molecular complexity index is 1340. The number of benzene rings is 2. The largest absolute Gasteiger partial charge is 0.345 e. The third-order valence-electron chi connectivity index (χ3n) is 6.42. The summed E-state index contributed by atoms with van der Waals surface area (Å²) in [5, 5.41) is 8.00. The lowest BCUT2D eigenvalue weighted by Gasteiger charge is -2.48. The van der Waals surface area contributed by atoms with Crippen molar-refractivity contribution in [1.29, 1.82) is 0 Å². The zero-order chi connectivity index (χ0) is 22.0. The Balaban J connectivity index is 1.43. The molecule has 1 amide bonds. The highest BCUT2D eigenvalue weighted by Gasteiger charge is 2.56. The van der Waals surface area contributed by atoms with Crippen molar-refractivity contribution in [1.82, 2.24) is 20.2 Å². The summed E-state index contributed by atoms with van der Waals surface area (Å²) in [7, 11) is 0. The van der Waals surface area contributed by atoms with Crippen LogP contribution in [0.1, 0.15) is 30.1 Å². The molecule has 0 radical (unpaired) electrons. The number of hydrogen-bond acceptors (Lipinski definition) is 4. The van der Waals surface area contributed by atoms with Crippen LogP contribution in [-0.4, -0.2) is 26.1 Å². The van der Waals surface area contributed by atoms with Crippen LogP contribution < -0.4 is 4.90 Å². The standard InChI is InChI=1S/C24H19F2N5O/c1-12-2-6-18(30-29-12)14-8-16(25)22(17(26)9-14)23-21(13-3-4-13)24(32)31(23)15-5-7-19-20(10-15)28-11-27-19/h2,5-11,13,21,23H,3-4H2,1H3,(H,27,28)/t21?,23-/m1/s1. The number of nitrogens with zero attached hydrogens (tertiary/aromatic N) is 4. The van der Waals surface area contributed by atoms with Crippen molar-refractivity contribution in [3.05, 3.63) is 71.7 Å². The number of rotatable bonds is 4. The minimum atomic E-state index is -0.687. The summed E-state index contributed by atoms with van der Waals surface area (Å²) in [6.45, 7) is 1.79. The molecule has 1 saturated carbocycles. The molecule has 6 rings (SSSR count). The fraction of sp³-hybridized carbons (Fsp3) is 0.250. The van der Waals surface area contributed by atoms with E-state index in [0.29, 0.717) is 16.9 Å². The molecule has 8 heteroatoms. The molecule has 2 aliphatic rings. The van der Waals surface area contributed by atoms with Gasteiger partial charge < -0.3 is 9.88 Å². The van der Waals surface area contributed by atoms with Crippen LogP contribution in [0.5, 0.6) is 0 Å². The predicted molar refractivity (Wildman–Crippen MR) is 115 cm³/mol. The maximum Gasteiger partial charge on any atom is 0.233 e. The fourth-order valence-electron chi connectivity index (χ4n) is 4.66. The van der Waals surface area contributed by atoms with Crippen LogP contribution in [0.2, 0.25) is 0 Å². The van der Waals surface area contributed by atoms with Crippen LogP contribution in [-0.2, 0) is 4.79 Å². The van der Waals surface area contributed by atoms with Crippen molar-refractivity contribution in [2.24, 2.45) is 11.8 Å². The van der Waals surface area contributed by atoms with Crippen molar-refractivity contribution in [2.75, 3.05) is 4.90 Å². The van der Waals surface area contributed by atoms with Gasteiger partial charge in [0.25, 0.3) is 0 Å². The number of carbonyl (C=O) groups excluding carboxylic acids is 1. The molecule has 2 aromatic heterocycles. The van der Waals surface area contributed by atoms with Crippen molar-refractivity contribution < 1.29 is 13.6 Å². The topological polar surface area (TPSA) is 74.8 Å². The van der Waals surface area contributed by atoms with Crippen LogP contribution in [0.3, 0.4) is 0 Å². The molecule has 0 spiro atoms. The van der Waals surface area contributed by atoms with E-state index in [4.69, 9.17) is 0 Å². The molecule has 1 aliphatic carbocycles. The summed E-state index contributed by atoms with van der Waals surface area (Å²) in [6.07, 6.45) is 3.38. The first-order valence-corrected chi connectivity index (χ1v) is 10.6. The first kappa shape index (κ1) is 19.0. The first-order chi connectivity index (χ1) is 15.5. The van der Waals surface area contributed by atoms with Gasteiger partial charge in [0.2, 0.25) is 5.91 Å². The summed E-state index contributed by atoms with van der Waals surface area (Å²) >= 11 is 0. The number of nitrogens with one attached hydrogen (secondary N) is 1. The molecule has 160 valence electrons. The van der Waals surface area contributed by atoms with Gasteiger partial charge >= 0.3 is 0 Å². The molecular weight excluding hydrogens is 412 g/mol. The Morgan fingerprint density at radius 1 is 1.03 bits per heavy atom. The molecule has 32 heavy (non-hydrogen) atoms. The molecule has 2 atom stereocenters. The summed E-state index contributed by atoms with van der Waals surface area (Å²) < 4.78 is 30.8. The molecule has 1 unspecified atom stereocenters. The molecule has 1 aliphatic heterocycles. The van der Waals surface area contributed by atoms with Crippen LogP contribution in [0.25, 0.3) is 22.3 Å². The number of anilines is 1. The molecular formula is C24H19F2N5O. The number of β-lactam (4-membered cyclic amide) rings is 1. The van der Waals surface area contributed by atoms with E-state index in [1.165, 1.54) is 17.0 Å². The van der Waals surface area contributed by atoms with E-state index < -0.39 is 23.6 Å². The third kappa shape index (κ3) is 2.90. The smallest absolute Gasteiger partial charge is 0.233 e.